The van der Waals surface area contributed by atoms with E-state index in [4.69, 9.17) is 9.47 Å². The van der Waals surface area contributed by atoms with Crippen molar-refractivity contribution in [3.05, 3.63) is 54.8 Å². The lowest BCUT2D eigenvalue weighted by Gasteiger charge is -2.13. The van der Waals surface area contributed by atoms with E-state index in [1.165, 1.54) is 0 Å². The molecule has 0 aromatic heterocycles. The van der Waals surface area contributed by atoms with Gasteiger partial charge in [-0.15, -0.1) is 0 Å². The van der Waals surface area contributed by atoms with Crippen LogP contribution in [-0.2, 0) is 4.74 Å². The molecule has 0 amide bonds. The molecule has 2 nitrogen and oxygen atoms in total. The van der Waals surface area contributed by atoms with E-state index in [0.29, 0.717) is 0 Å². The monoisotopic (exact) mass is 214 g/mol. The molecule has 0 bridgehead atoms. The Labute approximate surface area is 96.2 Å². The summed E-state index contributed by atoms with van der Waals surface area (Å²) in [6.45, 7) is 5.66. The molecule has 1 aromatic rings. The Balaban J connectivity index is 2.25. The fraction of sp³-hybridized carbons (Fsp3) is 0.214. The Morgan fingerprint density at radius 2 is 2.19 bits per heavy atom. The molecule has 0 unspecified atom stereocenters. The van der Waals surface area contributed by atoms with Crippen LogP contribution in [0.5, 0.6) is 5.75 Å². The van der Waals surface area contributed by atoms with Gasteiger partial charge in [-0.05, 0) is 18.6 Å². The highest BCUT2D eigenvalue weighted by Crippen LogP contribution is 2.29. The number of rotatable bonds is 4. The minimum atomic E-state index is 0.723. The predicted molar refractivity (Wildman–Crippen MR) is 63.7 cm³/mol. The number of hydrogen-bond donors (Lipinski definition) is 0. The van der Waals surface area contributed by atoms with E-state index in [1.54, 1.807) is 6.26 Å². The van der Waals surface area contributed by atoms with Gasteiger partial charge in [-0.25, -0.2) is 0 Å². The molecule has 1 aromatic carbocycles. The molecular formula is C14H14O2. The maximum Gasteiger partial charge on any atom is 0.230 e. The molecule has 16 heavy (non-hydrogen) atoms. The van der Waals surface area contributed by atoms with Crippen molar-refractivity contribution in [2.75, 3.05) is 6.61 Å². The lowest BCUT2D eigenvalue weighted by molar-refractivity contribution is 0.315. The summed E-state index contributed by atoms with van der Waals surface area (Å²) in [5.41, 5.74) is 1.93. The van der Waals surface area contributed by atoms with E-state index in [0.717, 1.165) is 29.9 Å². The molecule has 0 aliphatic carbocycles. The van der Waals surface area contributed by atoms with Gasteiger partial charge in [0.15, 0.2) is 0 Å². The van der Waals surface area contributed by atoms with Gasteiger partial charge < -0.3 is 9.47 Å². The Bertz CT molecular complexity index is 405. The maximum atomic E-state index is 5.68. The van der Waals surface area contributed by atoms with Gasteiger partial charge in [-0.2, -0.15) is 0 Å². The minimum absolute atomic E-state index is 0.723. The van der Waals surface area contributed by atoms with E-state index in [1.807, 2.05) is 36.4 Å². The Kier molecular flexibility index (Phi) is 3.65. The fourth-order valence-electron chi connectivity index (χ4n) is 1.48. The molecule has 0 saturated heterocycles. The lowest BCUT2D eigenvalue weighted by Crippen LogP contribution is -2.00. The molecule has 1 aliphatic heterocycles. The van der Waals surface area contributed by atoms with Crippen LogP contribution in [0.2, 0.25) is 0 Å². The van der Waals surface area contributed by atoms with E-state index >= 15 is 0 Å². The normalized spacial score (nSPS) is 14.2. The first-order chi connectivity index (χ1) is 7.92. The van der Waals surface area contributed by atoms with Crippen LogP contribution >= 0.6 is 0 Å². The molecule has 0 fully saturated rings. The molecule has 0 spiro atoms. The molecule has 2 heteroatoms. The summed E-state index contributed by atoms with van der Waals surface area (Å²) >= 11 is 0. The summed E-state index contributed by atoms with van der Waals surface area (Å²) < 4.78 is 10.7. The summed E-state index contributed by atoms with van der Waals surface area (Å²) in [5.74, 6) is 0.877. The van der Waals surface area contributed by atoms with Gasteiger partial charge in [0.25, 0.3) is 0 Å². The van der Waals surface area contributed by atoms with Crippen molar-refractivity contribution in [1.29, 1.82) is 0 Å². The predicted octanol–water partition coefficient (Wildman–Crippen LogP) is 3.44. The summed E-state index contributed by atoms with van der Waals surface area (Å²) in [5, 5.41) is 0. The fourth-order valence-corrected chi connectivity index (χ4v) is 1.48. The van der Waals surface area contributed by atoms with Crippen molar-refractivity contribution >= 4 is 5.57 Å². The first-order valence-corrected chi connectivity index (χ1v) is 5.42. The van der Waals surface area contributed by atoms with Crippen molar-refractivity contribution in [3.8, 4) is 5.75 Å². The van der Waals surface area contributed by atoms with Crippen LogP contribution in [-0.4, -0.2) is 6.61 Å². The number of para-hydroxylation sites is 1. The molecular weight excluding hydrogens is 200 g/mol. The third kappa shape index (κ3) is 2.45. The van der Waals surface area contributed by atoms with Crippen LogP contribution in [0.1, 0.15) is 18.9 Å². The zero-order valence-corrected chi connectivity index (χ0v) is 9.27. The highest BCUT2D eigenvalue weighted by molar-refractivity contribution is 5.76. The second-order valence-electron chi connectivity index (χ2n) is 3.47. The van der Waals surface area contributed by atoms with Crippen molar-refractivity contribution in [3.63, 3.8) is 0 Å². The van der Waals surface area contributed by atoms with Gasteiger partial charge in [-0.3, -0.25) is 0 Å². The number of hydrogen-bond acceptors (Lipinski definition) is 2. The first kappa shape index (κ1) is 10.8. The highest BCUT2D eigenvalue weighted by Gasteiger charge is 2.11. The first-order valence-electron chi connectivity index (χ1n) is 5.42. The van der Waals surface area contributed by atoms with E-state index in [9.17, 15) is 0 Å². The quantitative estimate of drug-likeness (QED) is 0.764. The van der Waals surface area contributed by atoms with Crippen molar-refractivity contribution < 1.29 is 9.47 Å². The number of benzene rings is 1. The molecule has 0 atom stereocenters. The SMILES string of the molecule is CCCOc1ccccc1C1=CC=CO[C]1. The standard InChI is InChI=1S/C14H14O2/c1-2-9-16-14-8-4-3-7-13(14)12-6-5-10-15-11-12/h3-8,10H,2,9H2,1H3. The average Bonchev–Trinajstić information content (AvgIpc) is 2.38. The van der Waals surface area contributed by atoms with Gasteiger partial charge in [0, 0.05) is 11.1 Å². The van der Waals surface area contributed by atoms with Crippen LogP contribution < -0.4 is 4.74 Å². The molecule has 82 valence electrons. The Morgan fingerprint density at radius 3 is 2.94 bits per heavy atom. The molecule has 2 radical (unpaired) electrons. The van der Waals surface area contributed by atoms with Crippen molar-refractivity contribution in [2.45, 2.75) is 13.3 Å². The van der Waals surface area contributed by atoms with Crippen molar-refractivity contribution in [1.82, 2.24) is 0 Å². The van der Waals surface area contributed by atoms with Crippen LogP contribution in [0, 0.1) is 6.61 Å². The summed E-state index contributed by atoms with van der Waals surface area (Å²) in [4.78, 5) is 0. The molecule has 2 rings (SSSR count). The second kappa shape index (κ2) is 5.40. The number of ether oxygens (including phenoxy) is 2. The average molecular weight is 214 g/mol. The van der Waals surface area contributed by atoms with E-state index < -0.39 is 0 Å². The zero-order chi connectivity index (χ0) is 11.2. The highest BCUT2D eigenvalue weighted by atomic mass is 16.5. The molecule has 0 N–H and O–H groups in total. The van der Waals surface area contributed by atoms with Gasteiger partial charge >= 0.3 is 0 Å². The van der Waals surface area contributed by atoms with Gasteiger partial charge in [0.05, 0.1) is 12.9 Å². The van der Waals surface area contributed by atoms with Crippen LogP contribution in [0.15, 0.2) is 42.7 Å². The summed E-state index contributed by atoms with van der Waals surface area (Å²) in [6, 6.07) is 7.92. The molecule has 1 heterocycles. The maximum absolute atomic E-state index is 5.68. The van der Waals surface area contributed by atoms with Gasteiger partial charge in [0.1, 0.15) is 5.75 Å². The summed E-state index contributed by atoms with van der Waals surface area (Å²) in [6.07, 6.45) is 6.40. The Hall–Kier alpha value is -1.70. The topological polar surface area (TPSA) is 18.5 Å². The second-order valence-corrected chi connectivity index (χ2v) is 3.47. The van der Waals surface area contributed by atoms with Crippen LogP contribution in [0.4, 0.5) is 0 Å². The molecule has 0 saturated carbocycles. The number of allylic oxidation sites excluding steroid dienone is 2. The smallest absolute Gasteiger partial charge is 0.230 e. The minimum Gasteiger partial charge on any atom is -0.493 e. The van der Waals surface area contributed by atoms with Gasteiger partial charge in [0.2, 0.25) is 6.61 Å². The van der Waals surface area contributed by atoms with E-state index in [2.05, 4.69) is 13.5 Å². The third-order valence-electron chi connectivity index (χ3n) is 2.22. The van der Waals surface area contributed by atoms with Crippen molar-refractivity contribution in [2.24, 2.45) is 0 Å². The van der Waals surface area contributed by atoms with Crippen LogP contribution in [0.3, 0.4) is 0 Å². The van der Waals surface area contributed by atoms with Crippen LogP contribution in [0.25, 0.3) is 5.57 Å². The van der Waals surface area contributed by atoms with Gasteiger partial charge in [-0.1, -0.05) is 31.2 Å². The molecule has 1 aliphatic rings. The van der Waals surface area contributed by atoms with E-state index in [-0.39, 0.29) is 0 Å². The Morgan fingerprint density at radius 1 is 1.31 bits per heavy atom. The largest absolute Gasteiger partial charge is 0.493 e. The third-order valence-corrected chi connectivity index (χ3v) is 2.22. The lowest BCUT2D eigenvalue weighted by atomic mass is 10.0. The summed E-state index contributed by atoms with van der Waals surface area (Å²) in [7, 11) is 0. The zero-order valence-electron chi connectivity index (χ0n) is 9.27.